The molecule has 0 radical (unpaired) electrons. The molecule has 5 atom stereocenters. The van der Waals surface area contributed by atoms with E-state index in [-0.39, 0.29) is 5.89 Å². The zero-order valence-electron chi connectivity index (χ0n) is 13.1. The Hall–Kier alpha value is -2.04. The largest absolute Gasteiger partial charge is 0.493 e. The van der Waals surface area contributed by atoms with Crippen LogP contribution in [-0.2, 0) is 11.2 Å². The molecule has 134 valence electrons. The summed E-state index contributed by atoms with van der Waals surface area (Å²) in [6.45, 7) is 0.119. The van der Waals surface area contributed by atoms with E-state index in [9.17, 15) is 20.4 Å². The highest BCUT2D eigenvalue weighted by molar-refractivity contribution is 5.59. The molecule has 0 bridgehead atoms. The first-order valence-corrected chi connectivity index (χ1v) is 7.98. The van der Waals surface area contributed by atoms with Gasteiger partial charge in [-0.2, -0.15) is 4.98 Å². The zero-order chi connectivity index (χ0) is 17.6. The van der Waals surface area contributed by atoms with Crippen molar-refractivity contribution >= 4 is 0 Å². The van der Waals surface area contributed by atoms with Crippen molar-refractivity contribution in [2.45, 2.75) is 36.9 Å². The SMILES string of the molecule is OC[C@H]1O[C@@H](c2nc(-c3ccc4c(c3)CCO4)no2)[C@H](O)[C@@H](O)[C@H]1O. The summed E-state index contributed by atoms with van der Waals surface area (Å²) in [6.07, 6.45) is -5.76. The number of hydrogen-bond acceptors (Lipinski definition) is 9. The Morgan fingerprint density at radius 1 is 1.12 bits per heavy atom. The van der Waals surface area contributed by atoms with E-state index < -0.39 is 37.1 Å². The molecule has 2 aromatic rings. The molecule has 1 fully saturated rings. The van der Waals surface area contributed by atoms with Crippen LogP contribution in [0.25, 0.3) is 11.4 Å². The van der Waals surface area contributed by atoms with Crippen molar-refractivity contribution < 1.29 is 34.4 Å². The first-order chi connectivity index (χ1) is 12.1. The van der Waals surface area contributed by atoms with Gasteiger partial charge >= 0.3 is 0 Å². The molecule has 1 aromatic carbocycles. The molecule has 2 aliphatic heterocycles. The highest BCUT2D eigenvalue weighted by atomic mass is 16.6. The molecule has 25 heavy (non-hydrogen) atoms. The Balaban J connectivity index is 1.60. The number of aliphatic hydroxyl groups is 4. The third kappa shape index (κ3) is 2.79. The van der Waals surface area contributed by atoms with Crippen LogP contribution in [0, 0.1) is 0 Å². The van der Waals surface area contributed by atoms with Gasteiger partial charge in [0.25, 0.3) is 5.89 Å². The van der Waals surface area contributed by atoms with Crippen LogP contribution in [-0.4, -0.2) is 68.2 Å². The molecule has 9 heteroatoms. The van der Waals surface area contributed by atoms with Crippen LogP contribution in [0.3, 0.4) is 0 Å². The highest BCUT2D eigenvalue weighted by Crippen LogP contribution is 2.33. The van der Waals surface area contributed by atoms with Crippen LogP contribution in [0.2, 0.25) is 0 Å². The molecular formula is C16H18N2O7. The van der Waals surface area contributed by atoms with Crippen LogP contribution in [0.5, 0.6) is 5.75 Å². The number of rotatable bonds is 3. The van der Waals surface area contributed by atoms with Gasteiger partial charge < -0.3 is 34.4 Å². The van der Waals surface area contributed by atoms with E-state index in [1.807, 2.05) is 12.1 Å². The monoisotopic (exact) mass is 350 g/mol. The van der Waals surface area contributed by atoms with E-state index in [4.69, 9.17) is 14.0 Å². The van der Waals surface area contributed by atoms with E-state index in [0.29, 0.717) is 12.4 Å². The molecule has 1 saturated heterocycles. The van der Waals surface area contributed by atoms with Gasteiger partial charge in [-0.3, -0.25) is 0 Å². The highest BCUT2D eigenvalue weighted by Gasteiger charge is 2.46. The summed E-state index contributed by atoms with van der Waals surface area (Å²) < 4.78 is 16.0. The fraction of sp³-hybridized carbons (Fsp3) is 0.500. The number of aliphatic hydroxyl groups excluding tert-OH is 4. The van der Waals surface area contributed by atoms with Crippen LogP contribution in [0.15, 0.2) is 22.7 Å². The molecule has 4 rings (SSSR count). The Labute approximate surface area is 142 Å². The Morgan fingerprint density at radius 3 is 2.76 bits per heavy atom. The van der Waals surface area contributed by atoms with Gasteiger partial charge in [-0.05, 0) is 23.8 Å². The molecule has 0 aliphatic carbocycles. The minimum Gasteiger partial charge on any atom is -0.493 e. The summed E-state index contributed by atoms with van der Waals surface area (Å²) >= 11 is 0. The quantitative estimate of drug-likeness (QED) is 0.559. The van der Waals surface area contributed by atoms with Crippen molar-refractivity contribution in [3.8, 4) is 17.1 Å². The van der Waals surface area contributed by atoms with Crippen molar-refractivity contribution in [1.29, 1.82) is 0 Å². The van der Waals surface area contributed by atoms with Gasteiger partial charge in [0.2, 0.25) is 5.82 Å². The number of ether oxygens (including phenoxy) is 2. The average molecular weight is 350 g/mol. The molecule has 0 spiro atoms. The van der Waals surface area contributed by atoms with Gasteiger partial charge in [-0.25, -0.2) is 0 Å². The molecule has 3 heterocycles. The maximum atomic E-state index is 10.1. The van der Waals surface area contributed by atoms with Gasteiger partial charge in [-0.15, -0.1) is 0 Å². The van der Waals surface area contributed by atoms with Gasteiger partial charge in [0.1, 0.15) is 30.2 Å². The average Bonchev–Trinajstić information content (AvgIpc) is 3.28. The lowest BCUT2D eigenvalue weighted by molar-refractivity contribution is -0.237. The zero-order valence-corrected chi connectivity index (χ0v) is 13.1. The Bertz CT molecular complexity index is 763. The normalized spacial score (nSPS) is 31.6. The smallest absolute Gasteiger partial charge is 0.258 e. The number of hydrogen-bond donors (Lipinski definition) is 4. The fourth-order valence-corrected chi connectivity index (χ4v) is 3.10. The van der Waals surface area contributed by atoms with Crippen molar-refractivity contribution in [2.24, 2.45) is 0 Å². The minimum absolute atomic E-state index is 0.0383. The summed E-state index contributed by atoms with van der Waals surface area (Å²) in [4.78, 5) is 4.23. The standard InChI is InChI=1S/C16H18N2O7/c19-6-10-11(20)12(21)13(22)14(24-10)16-17-15(18-25-16)8-1-2-9-7(5-8)3-4-23-9/h1-2,5,10-14,19-22H,3-4,6H2/t10-,11+,12+,13-,14-/m1/s1. The Morgan fingerprint density at radius 2 is 1.96 bits per heavy atom. The van der Waals surface area contributed by atoms with E-state index in [1.165, 1.54) is 0 Å². The Kier molecular flexibility index (Phi) is 4.18. The predicted molar refractivity (Wildman–Crippen MR) is 81.7 cm³/mol. The fourth-order valence-electron chi connectivity index (χ4n) is 3.10. The van der Waals surface area contributed by atoms with Crippen molar-refractivity contribution in [2.75, 3.05) is 13.2 Å². The molecular weight excluding hydrogens is 332 g/mol. The molecule has 9 nitrogen and oxygen atoms in total. The van der Waals surface area contributed by atoms with Crippen LogP contribution in [0.4, 0.5) is 0 Å². The van der Waals surface area contributed by atoms with E-state index in [2.05, 4.69) is 10.1 Å². The summed E-state index contributed by atoms with van der Waals surface area (Å²) in [5.74, 6) is 1.10. The van der Waals surface area contributed by atoms with Gasteiger partial charge in [0, 0.05) is 12.0 Å². The summed E-state index contributed by atoms with van der Waals surface area (Å²) in [6, 6.07) is 5.54. The maximum Gasteiger partial charge on any atom is 0.258 e. The number of aromatic nitrogens is 2. The topological polar surface area (TPSA) is 138 Å². The lowest BCUT2D eigenvalue weighted by atomic mass is 9.95. The first-order valence-electron chi connectivity index (χ1n) is 7.98. The maximum absolute atomic E-state index is 10.1. The third-order valence-electron chi connectivity index (χ3n) is 4.53. The molecule has 0 unspecified atom stereocenters. The lowest BCUT2D eigenvalue weighted by Crippen LogP contribution is -2.55. The summed E-state index contributed by atoms with van der Waals surface area (Å²) in [5.41, 5.74) is 1.78. The molecule has 4 N–H and O–H groups in total. The van der Waals surface area contributed by atoms with E-state index in [0.717, 1.165) is 23.3 Å². The number of nitrogens with zero attached hydrogens (tertiary/aromatic N) is 2. The van der Waals surface area contributed by atoms with Crippen LogP contribution in [0.1, 0.15) is 17.6 Å². The van der Waals surface area contributed by atoms with Crippen molar-refractivity contribution in [3.63, 3.8) is 0 Å². The second kappa shape index (κ2) is 6.36. The molecule has 0 saturated carbocycles. The van der Waals surface area contributed by atoms with Crippen LogP contribution >= 0.6 is 0 Å². The number of benzene rings is 1. The molecule has 1 aromatic heterocycles. The van der Waals surface area contributed by atoms with Crippen molar-refractivity contribution in [3.05, 3.63) is 29.7 Å². The van der Waals surface area contributed by atoms with Crippen LogP contribution < -0.4 is 4.74 Å². The summed E-state index contributed by atoms with van der Waals surface area (Å²) in [5, 5.41) is 42.9. The van der Waals surface area contributed by atoms with E-state index >= 15 is 0 Å². The number of fused-ring (bicyclic) bond motifs is 1. The second-order valence-corrected chi connectivity index (χ2v) is 6.13. The molecule has 0 amide bonds. The summed E-state index contributed by atoms with van der Waals surface area (Å²) in [7, 11) is 0. The second-order valence-electron chi connectivity index (χ2n) is 6.13. The van der Waals surface area contributed by atoms with Gasteiger partial charge in [0.05, 0.1) is 13.2 Å². The lowest BCUT2D eigenvalue weighted by Gasteiger charge is -2.38. The first kappa shape index (κ1) is 16.4. The molecule has 2 aliphatic rings. The van der Waals surface area contributed by atoms with Gasteiger partial charge in [-0.1, -0.05) is 5.16 Å². The van der Waals surface area contributed by atoms with Gasteiger partial charge in [0.15, 0.2) is 6.10 Å². The van der Waals surface area contributed by atoms with Crippen molar-refractivity contribution in [1.82, 2.24) is 10.1 Å². The minimum atomic E-state index is -1.50. The predicted octanol–water partition coefficient (Wildman–Crippen LogP) is -0.814. The van der Waals surface area contributed by atoms with E-state index in [1.54, 1.807) is 6.07 Å². The third-order valence-corrected chi connectivity index (χ3v) is 4.53.